The number of hydrogen-bond acceptors (Lipinski definition) is 6. The van der Waals surface area contributed by atoms with Gasteiger partial charge < -0.3 is 19.8 Å². The highest BCUT2D eigenvalue weighted by molar-refractivity contribution is 8.14. The van der Waals surface area contributed by atoms with Gasteiger partial charge in [-0.2, -0.15) is 13.2 Å². The van der Waals surface area contributed by atoms with E-state index in [0.717, 1.165) is 18.7 Å². The summed E-state index contributed by atoms with van der Waals surface area (Å²) in [5.41, 5.74) is -0.708. The molecule has 9 heteroatoms. The van der Waals surface area contributed by atoms with Gasteiger partial charge in [-0.25, -0.2) is 0 Å². The number of thioether (sulfide) groups is 1. The molecule has 0 saturated carbocycles. The number of hydrogen-bond donors (Lipinski definition) is 2. The summed E-state index contributed by atoms with van der Waals surface area (Å²) >= 11 is 1.16. The molecule has 2 N–H and O–H groups in total. The molecule has 5 unspecified atom stereocenters. The summed E-state index contributed by atoms with van der Waals surface area (Å²) < 4.78 is 43.7. The van der Waals surface area contributed by atoms with Gasteiger partial charge in [0.25, 0.3) is 0 Å². The Morgan fingerprint density at radius 1 is 1.30 bits per heavy atom. The molecule has 0 aromatic carbocycles. The minimum atomic E-state index is -4.49. The molecule has 20 heavy (non-hydrogen) atoms. The third kappa shape index (κ3) is 2.76. The van der Waals surface area contributed by atoms with Crippen molar-refractivity contribution in [1.29, 1.82) is 0 Å². The van der Waals surface area contributed by atoms with E-state index >= 15 is 0 Å². The van der Waals surface area contributed by atoms with Gasteiger partial charge in [-0.3, -0.25) is 4.99 Å². The van der Waals surface area contributed by atoms with E-state index in [-0.39, 0.29) is 0 Å². The molecule has 0 aromatic heterocycles. The molecule has 0 bridgehead atoms. The third-order valence-electron chi connectivity index (χ3n) is 3.48. The van der Waals surface area contributed by atoms with E-state index in [1.54, 1.807) is 19.0 Å². The van der Waals surface area contributed by atoms with E-state index in [4.69, 9.17) is 4.74 Å². The van der Waals surface area contributed by atoms with Crippen molar-refractivity contribution >= 4 is 16.9 Å². The molecule has 5 nitrogen and oxygen atoms in total. The molecule has 2 rings (SSSR count). The molecule has 6 atom stereocenters. The first-order valence-corrected chi connectivity index (χ1v) is 7.01. The lowest BCUT2D eigenvalue weighted by Gasteiger charge is -2.41. The van der Waals surface area contributed by atoms with E-state index in [2.05, 4.69) is 4.99 Å². The lowest BCUT2D eigenvalue weighted by Crippen LogP contribution is -2.58. The van der Waals surface area contributed by atoms with Crippen LogP contribution in [0, 0.1) is 5.92 Å². The van der Waals surface area contributed by atoms with Gasteiger partial charge in [0.1, 0.15) is 23.7 Å². The van der Waals surface area contributed by atoms with Crippen molar-refractivity contribution in [3.8, 4) is 0 Å². The van der Waals surface area contributed by atoms with Gasteiger partial charge >= 0.3 is 6.18 Å². The van der Waals surface area contributed by atoms with Gasteiger partial charge in [0, 0.05) is 14.1 Å². The number of alkyl halides is 3. The summed E-state index contributed by atoms with van der Waals surface area (Å²) in [4.78, 5) is 5.87. The predicted molar refractivity (Wildman–Crippen MR) is 68.4 cm³/mol. The molecule has 0 amide bonds. The Hall–Kier alpha value is -0.510. The lowest BCUT2D eigenvalue weighted by atomic mass is 9.90. The zero-order valence-corrected chi connectivity index (χ0v) is 12.0. The average Bonchev–Trinajstić information content (AvgIpc) is 2.76. The molecule has 0 aromatic rings. The van der Waals surface area contributed by atoms with Crippen LogP contribution in [0.2, 0.25) is 0 Å². The van der Waals surface area contributed by atoms with Crippen LogP contribution in [0.4, 0.5) is 13.2 Å². The fourth-order valence-corrected chi connectivity index (χ4v) is 3.34. The molecule has 1 fully saturated rings. The van der Waals surface area contributed by atoms with Gasteiger partial charge in [-0.05, 0) is 0 Å². The summed E-state index contributed by atoms with van der Waals surface area (Å²) in [5.74, 6) is -1.86. The number of aliphatic hydroxyl groups excluding tert-OH is 2. The molecule has 2 aliphatic heterocycles. The number of nitrogens with zero attached hydrogens (tertiary/aromatic N) is 2. The summed E-state index contributed by atoms with van der Waals surface area (Å²) in [6.07, 6.45) is -8.96. The van der Waals surface area contributed by atoms with Crippen LogP contribution >= 0.6 is 11.8 Å². The Bertz CT molecular complexity index is 405. The van der Waals surface area contributed by atoms with Gasteiger partial charge in [-0.1, -0.05) is 18.7 Å². The molecular weight excluding hydrogens is 297 g/mol. The molecular formula is C11H17F3N2O3S. The van der Waals surface area contributed by atoms with Crippen molar-refractivity contribution in [2.24, 2.45) is 10.9 Å². The van der Waals surface area contributed by atoms with Crippen molar-refractivity contribution in [2.75, 3.05) is 14.1 Å². The number of aliphatic imine (C=N–C) groups is 1. The largest absolute Gasteiger partial charge is 0.394 e. The third-order valence-corrected chi connectivity index (χ3v) is 4.78. The van der Waals surface area contributed by atoms with Crippen LogP contribution in [0.5, 0.6) is 0 Å². The number of amidine groups is 1. The quantitative estimate of drug-likeness (QED) is 0.744. The van der Waals surface area contributed by atoms with E-state index in [9.17, 15) is 23.4 Å². The number of fused-ring (bicyclic) bond motifs is 1. The van der Waals surface area contributed by atoms with Crippen molar-refractivity contribution in [3.05, 3.63) is 0 Å². The first-order chi connectivity index (χ1) is 9.12. The van der Waals surface area contributed by atoms with Gasteiger partial charge in [0.15, 0.2) is 5.17 Å². The van der Waals surface area contributed by atoms with E-state index in [0.29, 0.717) is 5.17 Å². The smallest absolute Gasteiger partial charge is 0.388 e. The molecule has 1 saturated heterocycles. The maximum atomic E-state index is 12.8. The van der Waals surface area contributed by atoms with Crippen LogP contribution in [-0.2, 0) is 4.74 Å². The Labute approximate surface area is 118 Å². The topological polar surface area (TPSA) is 65.3 Å². The maximum Gasteiger partial charge on any atom is 0.394 e. The van der Waals surface area contributed by atoms with Crippen LogP contribution in [0.3, 0.4) is 0 Å². The predicted octanol–water partition coefficient (Wildman–Crippen LogP) is 0.664. The molecule has 2 heterocycles. The molecule has 0 radical (unpaired) electrons. The van der Waals surface area contributed by atoms with Crippen molar-refractivity contribution in [2.45, 2.75) is 42.9 Å². The molecule has 0 aliphatic carbocycles. The number of halogens is 3. The van der Waals surface area contributed by atoms with E-state index < -0.39 is 41.9 Å². The van der Waals surface area contributed by atoms with Gasteiger partial charge in [0.2, 0.25) is 0 Å². The van der Waals surface area contributed by atoms with Crippen molar-refractivity contribution < 1.29 is 28.1 Å². The van der Waals surface area contributed by atoms with Crippen LogP contribution in [0.15, 0.2) is 4.99 Å². The zero-order valence-electron chi connectivity index (χ0n) is 11.2. The van der Waals surface area contributed by atoms with Crippen molar-refractivity contribution in [1.82, 2.24) is 4.90 Å². The molecule has 0 spiro atoms. The minimum Gasteiger partial charge on any atom is -0.388 e. The summed E-state index contributed by atoms with van der Waals surface area (Å²) in [6.45, 7) is 0.939. The average molecular weight is 314 g/mol. The number of aliphatic hydroxyl groups is 2. The lowest BCUT2D eigenvalue weighted by molar-refractivity contribution is -0.244. The first kappa shape index (κ1) is 15.9. The Kier molecular flexibility index (Phi) is 4.25. The Morgan fingerprint density at radius 2 is 1.90 bits per heavy atom. The highest BCUT2D eigenvalue weighted by atomic mass is 32.2. The first-order valence-electron chi connectivity index (χ1n) is 6.13. The second-order valence-corrected chi connectivity index (χ2v) is 6.26. The monoisotopic (exact) mass is 314 g/mol. The second kappa shape index (κ2) is 5.36. The molecule has 2 aliphatic rings. The van der Waals surface area contributed by atoms with E-state index in [1.165, 1.54) is 0 Å². The van der Waals surface area contributed by atoms with Gasteiger partial charge in [0.05, 0.1) is 12.0 Å². The highest BCUT2D eigenvalue weighted by Crippen LogP contribution is 2.41. The normalized spacial score (nSPS) is 39.2. The number of ether oxygens (including phenoxy) is 1. The Morgan fingerprint density at radius 3 is 2.40 bits per heavy atom. The Balaban J connectivity index is 2.17. The van der Waals surface area contributed by atoms with Gasteiger partial charge in [-0.15, -0.1) is 0 Å². The van der Waals surface area contributed by atoms with Crippen LogP contribution in [0.25, 0.3) is 0 Å². The second-order valence-electron chi connectivity index (χ2n) is 5.20. The maximum absolute atomic E-state index is 12.8. The SMILES string of the molecule is C[C@H](C1OC2SC(N(C)C)=NC2C(O)C1O)C(F)(F)F. The van der Waals surface area contributed by atoms with Crippen LogP contribution in [-0.4, -0.2) is 70.3 Å². The highest BCUT2D eigenvalue weighted by Gasteiger charge is 2.54. The van der Waals surface area contributed by atoms with E-state index in [1.807, 2.05) is 0 Å². The summed E-state index contributed by atoms with van der Waals surface area (Å²) in [6, 6.07) is -0.746. The van der Waals surface area contributed by atoms with Crippen molar-refractivity contribution in [3.63, 3.8) is 0 Å². The summed E-state index contributed by atoms with van der Waals surface area (Å²) in [7, 11) is 3.48. The van der Waals surface area contributed by atoms with Crippen LogP contribution < -0.4 is 0 Å². The standard InChI is InChI=1S/C11H17F3N2O3S/c1-4(11(12,13)14)8-7(18)6(17)5-9(19-8)20-10(15-5)16(2)3/h4-9,17-18H,1-3H3/t4-,5?,6?,7?,8?,9?/m1/s1. The van der Waals surface area contributed by atoms with Crippen LogP contribution in [0.1, 0.15) is 6.92 Å². The zero-order chi connectivity index (χ0) is 15.2. The summed E-state index contributed by atoms with van der Waals surface area (Å²) in [5, 5.41) is 20.4. The molecule has 116 valence electrons. The number of rotatable bonds is 1. The fraction of sp³-hybridized carbons (Fsp3) is 0.909. The minimum absolute atomic E-state index is 0.562. The fourth-order valence-electron chi connectivity index (χ4n) is 2.19.